The molecule has 76 valence electrons. The number of fused-ring (bicyclic) bond motifs is 3. The van der Waals surface area contributed by atoms with Gasteiger partial charge in [0.1, 0.15) is 5.75 Å². The van der Waals surface area contributed by atoms with E-state index in [1.165, 1.54) is 11.1 Å². The molecule has 15 heavy (non-hydrogen) atoms. The van der Waals surface area contributed by atoms with Crippen LogP contribution in [-0.2, 0) is 12.8 Å². The third-order valence-electron chi connectivity index (χ3n) is 3.06. The molecule has 0 amide bonds. The SMILES string of the molecule is Cc1[nH]nc2c1CCc1cc(O)ccc1-2. The minimum absolute atomic E-state index is 0.337. The van der Waals surface area contributed by atoms with Crippen LogP contribution < -0.4 is 0 Å². The van der Waals surface area contributed by atoms with Crippen LogP contribution in [0.4, 0.5) is 0 Å². The highest BCUT2D eigenvalue weighted by atomic mass is 16.3. The van der Waals surface area contributed by atoms with Crippen molar-refractivity contribution in [1.82, 2.24) is 10.2 Å². The number of H-pyrrole nitrogens is 1. The molecule has 3 rings (SSSR count). The summed E-state index contributed by atoms with van der Waals surface area (Å²) in [5.74, 6) is 0.337. The molecule has 1 aromatic heterocycles. The van der Waals surface area contributed by atoms with Gasteiger partial charge in [-0.15, -0.1) is 0 Å². The highest BCUT2D eigenvalue weighted by Crippen LogP contribution is 2.34. The lowest BCUT2D eigenvalue weighted by atomic mass is 9.89. The molecule has 0 unspecified atom stereocenters. The van der Waals surface area contributed by atoms with Crippen molar-refractivity contribution >= 4 is 0 Å². The number of aromatic amines is 1. The first kappa shape index (κ1) is 8.53. The number of nitrogens with one attached hydrogen (secondary N) is 1. The standard InChI is InChI=1S/C12H12N2O/c1-7-10-4-2-8-6-9(15)3-5-11(8)12(10)14-13-7/h3,5-6,15H,2,4H2,1H3,(H,13,14). The van der Waals surface area contributed by atoms with E-state index >= 15 is 0 Å². The summed E-state index contributed by atoms with van der Waals surface area (Å²) in [4.78, 5) is 0. The normalized spacial score (nSPS) is 13.4. The summed E-state index contributed by atoms with van der Waals surface area (Å²) < 4.78 is 0. The van der Waals surface area contributed by atoms with Gasteiger partial charge in [-0.05, 0) is 43.5 Å². The van der Waals surface area contributed by atoms with E-state index in [2.05, 4.69) is 17.1 Å². The zero-order valence-corrected chi connectivity index (χ0v) is 8.54. The third-order valence-corrected chi connectivity index (χ3v) is 3.06. The van der Waals surface area contributed by atoms with Crippen molar-refractivity contribution in [3.05, 3.63) is 35.0 Å². The van der Waals surface area contributed by atoms with Gasteiger partial charge in [-0.3, -0.25) is 5.10 Å². The van der Waals surface area contributed by atoms with Crippen molar-refractivity contribution in [2.24, 2.45) is 0 Å². The van der Waals surface area contributed by atoms with Gasteiger partial charge in [0.15, 0.2) is 0 Å². The molecule has 0 atom stereocenters. The van der Waals surface area contributed by atoms with E-state index in [1.807, 2.05) is 12.1 Å². The number of hydrogen-bond donors (Lipinski definition) is 2. The van der Waals surface area contributed by atoms with Crippen molar-refractivity contribution in [3.63, 3.8) is 0 Å². The molecule has 0 saturated heterocycles. The molecular weight excluding hydrogens is 188 g/mol. The van der Waals surface area contributed by atoms with Gasteiger partial charge in [-0.1, -0.05) is 0 Å². The minimum Gasteiger partial charge on any atom is -0.508 e. The molecule has 2 N–H and O–H groups in total. The first-order valence-corrected chi connectivity index (χ1v) is 5.12. The van der Waals surface area contributed by atoms with Crippen LogP contribution in [0.5, 0.6) is 5.75 Å². The lowest BCUT2D eigenvalue weighted by molar-refractivity contribution is 0.474. The van der Waals surface area contributed by atoms with E-state index in [-0.39, 0.29) is 0 Å². The number of phenolic OH excluding ortho intramolecular Hbond substituents is 1. The molecule has 0 fully saturated rings. The first-order valence-electron chi connectivity index (χ1n) is 5.12. The third kappa shape index (κ3) is 1.16. The first-order chi connectivity index (χ1) is 7.25. The highest BCUT2D eigenvalue weighted by Gasteiger charge is 2.20. The second-order valence-electron chi connectivity index (χ2n) is 4.02. The number of nitrogens with zero attached hydrogens (tertiary/aromatic N) is 1. The van der Waals surface area contributed by atoms with Crippen molar-refractivity contribution in [1.29, 1.82) is 0 Å². The van der Waals surface area contributed by atoms with Gasteiger partial charge < -0.3 is 5.11 Å². The van der Waals surface area contributed by atoms with Gasteiger partial charge in [0.2, 0.25) is 0 Å². The summed E-state index contributed by atoms with van der Waals surface area (Å²) in [5, 5.41) is 16.8. The summed E-state index contributed by atoms with van der Waals surface area (Å²) in [5.41, 5.74) is 5.86. The van der Waals surface area contributed by atoms with E-state index in [9.17, 15) is 5.11 Å². The van der Waals surface area contributed by atoms with E-state index in [0.29, 0.717) is 5.75 Å². The molecule has 3 nitrogen and oxygen atoms in total. The minimum atomic E-state index is 0.337. The van der Waals surface area contributed by atoms with Crippen molar-refractivity contribution in [2.75, 3.05) is 0 Å². The second kappa shape index (κ2) is 2.86. The topological polar surface area (TPSA) is 48.9 Å². The maximum absolute atomic E-state index is 9.41. The van der Waals surface area contributed by atoms with E-state index in [1.54, 1.807) is 6.07 Å². The number of benzene rings is 1. The van der Waals surface area contributed by atoms with Crippen LogP contribution in [0.2, 0.25) is 0 Å². The Balaban J connectivity index is 2.26. The number of aromatic nitrogens is 2. The Morgan fingerprint density at radius 1 is 1.33 bits per heavy atom. The fourth-order valence-corrected chi connectivity index (χ4v) is 2.26. The van der Waals surface area contributed by atoms with Crippen LogP contribution >= 0.6 is 0 Å². The number of rotatable bonds is 0. The number of hydrogen-bond acceptors (Lipinski definition) is 2. The molecule has 1 heterocycles. The van der Waals surface area contributed by atoms with Crippen LogP contribution in [0, 0.1) is 6.92 Å². The Morgan fingerprint density at radius 3 is 3.07 bits per heavy atom. The number of phenols is 1. The Kier molecular flexibility index (Phi) is 1.63. The van der Waals surface area contributed by atoms with Crippen molar-refractivity contribution < 1.29 is 5.11 Å². The maximum atomic E-state index is 9.41. The van der Waals surface area contributed by atoms with Crippen molar-refractivity contribution in [3.8, 4) is 17.0 Å². The second-order valence-corrected chi connectivity index (χ2v) is 4.02. The highest BCUT2D eigenvalue weighted by molar-refractivity contribution is 5.71. The Bertz CT molecular complexity index is 528. The Morgan fingerprint density at radius 2 is 2.20 bits per heavy atom. The molecule has 2 aromatic rings. The van der Waals surface area contributed by atoms with Gasteiger partial charge in [-0.25, -0.2) is 0 Å². The molecule has 0 radical (unpaired) electrons. The fraction of sp³-hybridized carbons (Fsp3) is 0.250. The number of aryl methyl sites for hydroxylation is 2. The van der Waals surface area contributed by atoms with Gasteiger partial charge in [-0.2, -0.15) is 5.10 Å². The molecule has 0 saturated carbocycles. The molecule has 0 bridgehead atoms. The summed E-state index contributed by atoms with van der Waals surface area (Å²) >= 11 is 0. The van der Waals surface area contributed by atoms with Crippen LogP contribution in [-0.4, -0.2) is 15.3 Å². The summed E-state index contributed by atoms with van der Waals surface area (Å²) in [6.45, 7) is 2.05. The average molecular weight is 200 g/mol. The molecule has 3 heteroatoms. The molecular formula is C12H12N2O. The Labute approximate surface area is 87.8 Å². The smallest absolute Gasteiger partial charge is 0.115 e. The fourth-order valence-electron chi connectivity index (χ4n) is 2.26. The maximum Gasteiger partial charge on any atom is 0.115 e. The van der Waals surface area contributed by atoms with Crippen LogP contribution in [0.3, 0.4) is 0 Å². The lowest BCUT2D eigenvalue weighted by Crippen LogP contribution is -2.03. The van der Waals surface area contributed by atoms with Gasteiger partial charge >= 0.3 is 0 Å². The summed E-state index contributed by atoms with van der Waals surface area (Å²) in [6.07, 6.45) is 1.99. The van der Waals surface area contributed by atoms with Crippen molar-refractivity contribution in [2.45, 2.75) is 19.8 Å². The van der Waals surface area contributed by atoms with Gasteiger partial charge in [0.25, 0.3) is 0 Å². The monoisotopic (exact) mass is 200 g/mol. The molecule has 1 aliphatic rings. The van der Waals surface area contributed by atoms with Crippen LogP contribution in [0.25, 0.3) is 11.3 Å². The Hall–Kier alpha value is -1.77. The summed E-state index contributed by atoms with van der Waals surface area (Å²) in [6, 6.07) is 5.50. The van der Waals surface area contributed by atoms with Gasteiger partial charge in [0.05, 0.1) is 5.69 Å². The quantitative estimate of drug-likeness (QED) is 0.684. The molecule has 0 spiro atoms. The van der Waals surface area contributed by atoms with E-state index in [4.69, 9.17) is 0 Å². The van der Waals surface area contributed by atoms with E-state index < -0.39 is 0 Å². The van der Waals surface area contributed by atoms with Crippen LogP contribution in [0.1, 0.15) is 16.8 Å². The predicted molar refractivity (Wildman–Crippen MR) is 57.8 cm³/mol. The van der Waals surface area contributed by atoms with E-state index in [0.717, 1.165) is 29.8 Å². The zero-order valence-electron chi connectivity index (χ0n) is 8.54. The average Bonchev–Trinajstić information content (AvgIpc) is 2.60. The molecule has 0 aliphatic heterocycles. The summed E-state index contributed by atoms with van der Waals surface area (Å²) in [7, 11) is 0. The zero-order chi connectivity index (χ0) is 10.4. The molecule has 1 aromatic carbocycles. The lowest BCUT2D eigenvalue weighted by Gasteiger charge is -2.15. The van der Waals surface area contributed by atoms with Crippen LogP contribution in [0.15, 0.2) is 18.2 Å². The number of aromatic hydroxyl groups is 1. The largest absolute Gasteiger partial charge is 0.508 e. The molecule has 1 aliphatic carbocycles. The predicted octanol–water partition coefficient (Wildman–Crippen LogP) is 2.19. The van der Waals surface area contributed by atoms with Gasteiger partial charge in [0, 0.05) is 16.8 Å².